The maximum atomic E-state index is 12.0. The number of carbonyl (C=O) groups excluding carboxylic acids is 1. The fourth-order valence-electron chi connectivity index (χ4n) is 2.56. The number of aromatic nitrogens is 1. The molecule has 0 aliphatic heterocycles. The molecule has 1 aliphatic rings. The standard InChI is InChI=1S/C15H14N2O5.Na/c1-21-9-3-5-10-8(6-9)2-4-11-13(17-22-14(10)11)15(20)16-7-12(18)19;/h3,5-6H,2,4,7H2,1H3,(H,16,20)(H,18,19);. The summed E-state index contributed by atoms with van der Waals surface area (Å²) in [6.45, 7) is -0.450. The Bertz CT molecular complexity index is 756. The van der Waals surface area contributed by atoms with Crippen LogP contribution in [0.1, 0.15) is 21.6 Å². The van der Waals surface area contributed by atoms with Crippen molar-refractivity contribution >= 4 is 41.4 Å². The van der Waals surface area contributed by atoms with E-state index in [0.717, 1.165) is 23.3 Å². The number of aryl methyl sites for hydroxylation is 1. The fraction of sp³-hybridized carbons (Fsp3) is 0.267. The summed E-state index contributed by atoms with van der Waals surface area (Å²) in [5, 5.41) is 14.7. The van der Waals surface area contributed by atoms with Crippen LogP contribution in [-0.2, 0) is 17.6 Å². The Morgan fingerprint density at radius 2 is 2.17 bits per heavy atom. The van der Waals surface area contributed by atoms with Crippen molar-refractivity contribution < 1.29 is 24.0 Å². The Kier molecular flexibility index (Phi) is 5.46. The number of aliphatic carboxylic acids is 1. The van der Waals surface area contributed by atoms with Crippen molar-refractivity contribution in [3.05, 3.63) is 35.0 Å². The number of benzene rings is 1. The molecule has 1 aromatic carbocycles. The Hall–Kier alpha value is -1.83. The third kappa shape index (κ3) is 3.41. The van der Waals surface area contributed by atoms with Crippen molar-refractivity contribution in [2.75, 3.05) is 13.7 Å². The number of fused-ring (bicyclic) bond motifs is 3. The quantitative estimate of drug-likeness (QED) is 0.809. The largest absolute Gasteiger partial charge is 0.497 e. The first-order valence-electron chi connectivity index (χ1n) is 6.76. The first-order valence-corrected chi connectivity index (χ1v) is 6.76. The van der Waals surface area contributed by atoms with Gasteiger partial charge in [-0.3, -0.25) is 9.59 Å². The maximum Gasteiger partial charge on any atom is 0.322 e. The van der Waals surface area contributed by atoms with Crippen LogP contribution in [-0.4, -0.2) is 65.4 Å². The summed E-state index contributed by atoms with van der Waals surface area (Å²) in [6, 6.07) is 5.63. The molecule has 0 fully saturated rings. The van der Waals surface area contributed by atoms with Crippen LogP contribution < -0.4 is 10.1 Å². The topological polar surface area (TPSA) is 102 Å². The van der Waals surface area contributed by atoms with Gasteiger partial charge in [-0.1, -0.05) is 5.16 Å². The van der Waals surface area contributed by atoms with Crippen LogP contribution in [0.5, 0.6) is 5.75 Å². The molecule has 1 aromatic heterocycles. The van der Waals surface area contributed by atoms with Gasteiger partial charge in [-0.05, 0) is 36.6 Å². The maximum absolute atomic E-state index is 12.0. The molecule has 0 saturated heterocycles. The molecule has 7 nitrogen and oxygen atoms in total. The summed E-state index contributed by atoms with van der Waals surface area (Å²) in [5.74, 6) is -0.321. The van der Waals surface area contributed by atoms with Crippen LogP contribution in [0.25, 0.3) is 11.3 Å². The molecule has 2 N–H and O–H groups in total. The molecule has 23 heavy (non-hydrogen) atoms. The average molecular weight is 325 g/mol. The molecule has 8 heteroatoms. The van der Waals surface area contributed by atoms with Crippen molar-refractivity contribution in [1.29, 1.82) is 0 Å². The molecule has 2 aromatic rings. The zero-order valence-corrected chi connectivity index (χ0v) is 14.9. The summed E-state index contributed by atoms with van der Waals surface area (Å²) < 4.78 is 10.5. The van der Waals surface area contributed by atoms with Gasteiger partial charge in [0.25, 0.3) is 5.91 Å². The minimum atomic E-state index is -1.11. The predicted molar refractivity (Wildman–Crippen MR) is 81.6 cm³/mol. The smallest absolute Gasteiger partial charge is 0.322 e. The van der Waals surface area contributed by atoms with Gasteiger partial charge >= 0.3 is 5.97 Å². The molecule has 0 unspecified atom stereocenters. The fourth-order valence-corrected chi connectivity index (χ4v) is 2.56. The van der Waals surface area contributed by atoms with E-state index in [0.29, 0.717) is 17.7 Å². The van der Waals surface area contributed by atoms with E-state index in [2.05, 4.69) is 10.5 Å². The van der Waals surface area contributed by atoms with Gasteiger partial charge in [-0.2, -0.15) is 0 Å². The van der Waals surface area contributed by atoms with Crippen molar-refractivity contribution in [1.82, 2.24) is 10.5 Å². The molecule has 0 spiro atoms. The minimum Gasteiger partial charge on any atom is -0.497 e. The van der Waals surface area contributed by atoms with Crippen LogP contribution in [0.2, 0.25) is 0 Å². The summed E-state index contributed by atoms with van der Waals surface area (Å²) in [7, 11) is 1.61. The summed E-state index contributed by atoms with van der Waals surface area (Å²) in [4.78, 5) is 22.5. The number of rotatable bonds is 4. The number of carbonyl (C=O) groups is 2. The number of carboxylic acid groups (broad SMARTS) is 1. The van der Waals surface area contributed by atoms with Gasteiger partial charge in [-0.15, -0.1) is 0 Å². The molecule has 1 amide bonds. The average Bonchev–Trinajstić information content (AvgIpc) is 2.96. The Balaban J connectivity index is 0.00000192. The van der Waals surface area contributed by atoms with Crippen molar-refractivity contribution in [3.8, 4) is 17.1 Å². The number of nitrogens with one attached hydrogen (secondary N) is 1. The number of hydrogen-bond acceptors (Lipinski definition) is 5. The van der Waals surface area contributed by atoms with Crippen molar-refractivity contribution in [3.63, 3.8) is 0 Å². The Morgan fingerprint density at radius 3 is 2.87 bits per heavy atom. The van der Waals surface area contributed by atoms with Crippen LogP contribution in [0.15, 0.2) is 22.7 Å². The van der Waals surface area contributed by atoms with E-state index in [4.69, 9.17) is 14.4 Å². The number of ether oxygens (including phenoxy) is 1. The molecule has 0 bridgehead atoms. The summed E-state index contributed by atoms with van der Waals surface area (Å²) >= 11 is 0. The molecular formula is C15H14N2NaO5. The van der Waals surface area contributed by atoms with E-state index in [-0.39, 0.29) is 35.3 Å². The molecule has 1 aliphatic carbocycles. The first-order chi connectivity index (χ1) is 10.6. The van der Waals surface area contributed by atoms with Gasteiger partial charge in [0.05, 0.1) is 7.11 Å². The molecule has 0 atom stereocenters. The van der Waals surface area contributed by atoms with Crippen molar-refractivity contribution in [2.45, 2.75) is 12.8 Å². The van der Waals surface area contributed by atoms with E-state index in [9.17, 15) is 9.59 Å². The molecule has 1 heterocycles. The second kappa shape index (κ2) is 7.16. The molecule has 3 rings (SSSR count). The van der Waals surface area contributed by atoms with Crippen LogP contribution in [0.3, 0.4) is 0 Å². The van der Waals surface area contributed by atoms with Crippen molar-refractivity contribution in [2.24, 2.45) is 0 Å². The summed E-state index contributed by atoms with van der Waals surface area (Å²) in [6.07, 6.45) is 1.34. The van der Waals surface area contributed by atoms with Gasteiger partial charge in [-0.25, -0.2) is 0 Å². The first kappa shape index (κ1) is 17.5. The van der Waals surface area contributed by atoms with Crippen LogP contribution in [0.4, 0.5) is 0 Å². The van der Waals surface area contributed by atoms with Crippen LogP contribution in [0, 0.1) is 0 Å². The third-order valence-electron chi connectivity index (χ3n) is 3.60. The Morgan fingerprint density at radius 1 is 1.39 bits per heavy atom. The van der Waals surface area contributed by atoms with Gasteiger partial charge in [0.2, 0.25) is 0 Å². The number of nitrogens with zero attached hydrogens (tertiary/aromatic N) is 1. The second-order valence-corrected chi connectivity index (χ2v) is 4.94. The van der Waals surface area contributed by atoms with E-state index in [1.807, 2.05) is 18.2 Å². The molecular weight excluding hydrogens is 311 g/mol. The van der Waals surface area contributed by atoms with Gasteiger partial charge < -0.3 is 19.7 Å². The molecule has 1 radical (unpaired) electrons. The SMILES string of the molecule is COc1ccc2c(c1)CCc1c(C(=O)NCC(=O)O)noc1-2.[Na]. The third-order valence-corrected chi connectivity index (χ3v) is 3.60. The number of methoxy groups -OCH3 is 1. The van der Waals surface area contributed by atoms with E-state index in [1.165, 1.54) is 0 Å². The predicted octanol–water partition coefficient (Wildman–Crippen LogP) is 0.882. The summed E-state index contributed by atoms with van der Waals surface area (Å²) in [5.41, 5.74) is 2.81. The normalized spacial score (nSPS) is 11.7. The Labute approximate surface area is 154 Å². The zero-order chi connectivity index (χ0) is 15.7. The number of carboxylic acids is 1. The van der Waals surface area contributed by atoms with Gasteiger partial charge in [0.15, 0.2) is 11.5 Å². The number of amides is 1. The molecule has 0 saturated carbocycles. The zero-order valence-electron chi connectivity index (χ0n) is 12.9. The van der Waals surface area contributed by atoms with Gasteiger partial charge in [0, 0.05) is 40.7 Å². The van der Waals surface area contributed by atoms with Gasteiger partial charge in [0.1, 0.15) is 12.3 Å². The minimum absolute atomic E-state index is 0. The second-order valence-electron chi connectivity index (χ2n) is 4.94. The molecule has 115 valence electrons. The van der Waals surface area contributed by atoms with Crippen LogP contribution >= 0.6 is 0 Å². The van der Waals surface area contributed by atoms with E-state index in [1.54, 1.807) is 7.11 Å². The van der Waals surface area contributed by atoms with E-state index >= 15 is 0 Å². The monoisotopic (exact) mass is 325 g/mol. The van der Waals surface area contributed by atoms with E-state index < -0.39 is 18.4 Å². The number of hydrogen-bond donors (Lipinski definition) is 2.